The van der Waals surface area contributed by atoms with Crippen molar-refractivity contribution in [1.29, 1.82) is 0 Å². The molecule has 28 heavy (non-hydrogen) atoms. The molecule has 152 valence electrons. The van der Waals surface area contributed by atoms with Crippen molar-refractivity contribution in [2.45, 2.75) is 26.4 Å². The van der Waals surface area contributed by atoms with Crippen LogP contribution in [0.1, 0.15) is 41.5 Å². The van der Waals surface area contributed by atoms with Crippen molar-refractivity contribution in [1.82, 2.24) is 15.5 Å². The van der Waals surface area contributed by atoms with Crippen LogP contribution in [0.3, 0.4) is 0 Å². The summed E-state index contributed by atoms with van der Waals surface area (Å²) in [5.74, 6) is -3.07. The Kier molecular flexibility index (Phi) is 6.74. The quantitative estimate of drug-likeness (QED) is 0.447. The smallest absolute Gasteiger partial charge is 0.407 e. The van der Waals surface area contributed by atoms with E-state index in [1.165, 1.54) is 0 Å². The highest BCUT2D eigenvalue weighted by molar-refractivity contribution is 6.21. The van der Waals surface area contributed by atoms with Crippen LogP contribution in [0, 0.1) is 5.92 Å². The number of carboxylic acid groups (broad SMARTS) is 1. The van der Waals surface area contributed by atoms with E-state index in [-0.39, 0.29) is 30.8 Å². The van der Waals surface area contributed by atoms with Crippen LogP contribution >= 0.6 is 0 Å². The summed E-state index contributed by atoms with van der Waals surface area (Å²) in [5.41, 5.74) is -0.0320. The fourth-order valence-corrected chi connectivity index (χ4v) is 2.70. The second kappa shape index (κ2) is 8.83. The van der Waals surface area contributed by atoms with Crippen molar-refractivity contribution < 1.29 is 29.0 Å². The first-order chi connectivity index (χ1) is 13.1. The molecule has 0 radical (unpaired) electrons. The molecule has 0 aliphatic carbocycles. The number of rotatable bonds is 8. The minimum absolute atomic E-state index is 0.0404. The van der Waals surface area contributed by atoms with Crippen molar-refractivity contribution in [3.05, 3.63) is 35.4 Å². The minimum atomic E-state index is -1.12. The maximum Gasteiger partial charge on any atom is 0.407 e. The minimum Gasteiger partial charge on any atom is -0.481 e. The van der Waals surface area contributed by atoms with E-state index in [4.69, 9.17) is 4.74 Å². The van der Waals surface area contributed by atoms with Crippen LogP contribution in [-0.2, 0) is 9.53 Å². The highest BCUT2D eigenvalue weighted by Gasteiger charge is 2.37. The molecule has 3 N–H and O–H groups in total. The van der Waals surface area contributed by atoms with Gasteiger partial charge in [0, 0.05) is 26.2 Å². The average molecular weight is 391 g/mol. The van der Waals surface area contributed by atoms with Gasteiger partial charge >= 0.3 is 12.1 Å². The molecule has 9 nitrogen and oxygen atoms in total. The normalized spacial score (nSPS) is 14.6. The van der Waals surface area contributed by atoms with Gasteiger partial charge in [-0.15, -0.1) is 0 Å². The van der Waals surface area contributed by atoms with E-state index in [0.29, 0.717) is 6.54 Å². The lowest BCUT2D eigenvalue weighted by atomic mass is 10.1. The van der Waals surface area contributed by atoms with Gasteiger partial charge in [0.2, 0.25) is 0 Å². The van der Waals surface area contributed by atoms with E-state index < -0.39 is 35.4 Å². The third-order valence-electron chi connectivity index (χ3n) is 3.99. The van der Waals surface area contributed by atoms with Gasteiger partial charge in [0.15, 0.2) is 0 Å². The van der Waals surface area contributed by atoms with E-state index >= 15 is 0 Å². The number of ether oxygens (including phenoxy) is 1. The summed E-state index contributed by atoms with van der Waals surface area (Å²) in [6.07, 6.45) is -0.560. The summed E-state index contributed by atoms with van der Waals surface area (Å²) in [6, 6.07) is 6.40. The second-order valence-electron chi connectivity index (χ2n) is 7.43. The maximum absolute atomic E-state index is 12.4. The van der Waals surface area contributed by atoms with Crippen LogP contribution in [0.15, 0.2) is 24.3 Å². The maximum atomic E-state index is 12.4. The molecule has 0 spiro atoms. The molecule has 1 aromatic carbocycles. The molecule has 1 unspecified atom stereocenters. The number of hydrogen-bond acceptors (Lipinski definition) is 6. The lowest BCUT2D eigenvalue weighted by molar-refractivity contribution is -0.141. The van der Waals surface area contributed by atoms with Crippen LogP contribution < -0.4 is 10.6 Å². The number of aliphatic carboxylic acids is 1. The highest BCUT2D eigenvalue weighted by atomic mass is 16.6. The number of imide groups is 1. The van der Waals surface area contributed by atoms with Gasteiger partial charge in [-0.25, -0.2) is 4.79 Å². The van der Waals surface area contributed by atoms with Gasteiger partial charge in [0.25, 0.3) is 11.8 Å². The SMILES string of the molecule is CC(C)(C)OC(=O)NCCNCC(CN1C(=O)c2ccccc2C1=O)C(=O)O. The molecule has 2 rings (SSSR count). The zero-order chi connectivity index (χ0) is 20.9. The van der Waals surface area contributed by atoms with Crippen molar-refractivity contribution >= 4 is 23.9 Å². The van der Waals surface area contributed by atoms with Crippen molar-refractivity contribution in [3.8, 4) is 0 Å². The molecule has 0 aromatic heterocycles. The number of fused-ring (bicyclic) bond motifs is 1. The largest absolute Gasteiger partial charge is 0.481 e. The summed E-state index contributed by atoms with van der Waals surface area (Å²) < 4.78 is 5.09. The van der Waals surface area contributed by atoms with Crippen LogP contribution in [0.2, 0.25) is 0 Å². The lowest BCUT2D eigenvalue weighted by Crippen LogP contribution is -2.43. The molecule has 1 atom stereocenters. The van der Waals surface area contributed by atoms with Crippen LogP contribution in [0.25, 0.3) is 0 Å². The Hall–Kier alpha value is -2.94. The summed E-state index contributed by atoms with van der Waals surface area (Å²) in [5, 5.41) is 14.9. The molecule has 0 bridgehead atoms. The first-order valence-electron chi connectivity index (χ1n) is 8.95. The molecule has 9 heteroatoms. The highest BCUT2D eigenvalue weighted by Crippen LogP contribution is 2.23. The van der Waals surface area contributed by atoms with Crippen LogP contribution in [0.4, 0.5) is 4.79 Å². The van der Waals surface area contributed by atoms with Gasteiger partial charge in [-0.2, -0.15) is 0 Å². The monoisotopic (exact) mass is 391 g/mol. The van der Waals surface area contributed by atoms with E-state index in [2.05, 4.69) is 10.6 Å². The second-order valence-corrected chi connectivity index (χ2v) is 7.43. The Labute approximate surface area is 163 Å². The zero-order valence-corrected chi connectivity index (χ0v) is 16.2. The molecule has 1 heterocycles. The number of hydrogen-bond donors (Lipinski definition) is 3. The number of carbonyl (C=O) groups is 4. The molecule has 1 aliphatic heterocycles. The molecule has 0 saturated carbocycles. The molecular formula is C19H25N3O6. The predicted molar refractivity (Wildman–Crippen MR) is 100 cm³/mol. The topological polar surface area (TPSA) is 125 Å². The summed E-state index contributed by atoms with van der Waals surface area (Å²) in [7, 11) is 0. The molecule has 0 fully saturated rings. The number of carbonyl (C=O) groups excluding carboxylic acids is 3. The summed E-state index contributed by atoms with van der Waals surface area (Å²) in [6.45, 7) is 5.62. The Balaban J connectivity index is 1.82. The first kappa shape index (κ1) is 21.4. The van der Waals surface area contributed by atoms with Gasteiger partial charge in [0.1, 0.15) is 5.60 Å². The van der Waals surface area contributed by atoms with Crippen molar-refractivity contribution in [2.24, 2.45) is 5.92 Å². The van der Waals surface area contributed by atoms with Gasteiger partial charge < -0.3 is 20.5 Å². The van der Waals surface area contributed by atoms with Crippen molar-refractivity contribution in [2.75, 3.05) is 26.2 Å². The number of carboxylic acids is 1. The number of nitrogens with zero attached hydrogens (tertiary/aromatic N) is 1. The molecule has 1 aliphatic rings. The van der Waals surface area contributed by atoms with Crippen LogP contribution in [0.5, 0.6) is 0 Å². The number of amides is 3. The van der Waals surface area contributed by atoms with Gasteiger partial charge in [-0.05, 0) is 32.9 Å². The Morgan fingerprint density at radius 1 is 1.11 bits per heavy atom. The Morgan fingerprint density at radius 2 is 1.68 bits per heavy atom. The van der Waals surface area contributed by atoms with E-state index in [9.17, 15) is 24.3 Å². The Morgan fingerprint density at radius 3 is 2.18 bits per heavy atom. The average Bonchev–Trinajstić information content (AvgIpc) is 2.83. The number of alkyl carbamates (subject to hydrolysis) is 1. The number of nitrogens with one attached hydrogen (secondary N) is 2. The predicted octanol–water partition coefficient (Wildman–Crippen LogP) is 1.10. The van der Waals surface area contributed by atoms with Gasteiger partial charge in [0.05, 0.1) is 17.0 Å². The molecule has 3 amide bonds. The number of benzene rings is 1. The van der Waals surface area contributed by atoms with Crippen molar-refractivity contribution in [3.63, 3.8) is 0 Å². The molecule has 0 saturated heterocycles. The van der Waals surface area contributed by atoms with E-state index in [1.807, 2.05) is 0 Å². The van der Waals surface area contributed by atoms with E-state index in [0.717, 1.165) is 4.90 Å². The Bertz CT molecular complexity index is 736. The lowest BCUT2D eigenvalue weighted by Gasteiger charge is -2.21. The zero-order valence-electron chi connectivity index (χ0n) is 16.2. The molecule has 1 aromatic rings. The third-order valence-corrected chi connectivity index (χ3v) is 3.99. The van der Waals surface area contributed by atoms with Gasteiger partial charge in [-0.1, -0.05) is 12.1 Å². The van der Waals surface area contributed by atoms with Gasteiger partial charge in [-0.3, -0.25) is 19.3 Å². The van der Waals surface area contributed by atoms with Crippen LogP contribution in [-0.4, -0.2) is 65.7 Å². The fraction of sp³-hybridized carbons (Fsp3) is 0.474. The van der Waals surface area contributed by atoms with E-state index in [1.54, 1.807) is 45.0 Å². The summed E-state index contributed by atoms with van der Waals surface area (Å²) in [4.78, 5) is 48.7. The summed E-state index contributed by atoms with van der Waals surface area (Å²) >= 11 is 0. The molecular weight excluding hydrogens is 366 g/mol. The standard InChI is InChI=1S/C19H25N3O6/c1-19(2,3)28-18(27)21-9-8-20-10-12(17(25)26)11-22-15(23)13-6-4-5-7-14(13)16(22)24/h4-7,12,20H,8-11H2,1-3H3,(H,21,27)(H,25,26). The fourth-order valence-electron chi connectivity index (χ4n) is 2.70. The third kappa shape index (κ3) is 5.53. The first-order valence-corrected chi connectivity index (χ1v) is 8.95.